The van der Waals surface area contributed by atoms with E-state index in [9.17, 15) is 4.79 Å². The highest BCUT2D eigenvalue weighted by atomic mass is 79.9. The highest BCUT2D eigenvalue weighted by molar-refractivity contribution is 9.10. The maximum atomic E-state index is 11.7. The van der Waals surface area contributed by atoms with Crippen molar-refractivity contribution < 1.29 is 9.32 Å². The standard InChI is InChI=1S/C9H8BrN3O2/c1-13-5-6(10)4-7(13)9(14)11-8-2-3-15-12-8/h2-5H,1H3,(H,11,12,14). The first kappa shape index (κ1) is 9.97. The molecular formula is C9H8BrN3O2. The van der Waals surface area contributed by atoms with Crippen LogP contribution < -0.4 is 5.32 Å². The molecule has 0 aliphatic heterocycles. The third-order valence-electron chi connectivity index (χ3n) is 1.88. The average molecular weight is 270 g/mol. The van der Waals surface area contributed by atoms with Gasteiger partial charge in [-0.3, -0.25) is 4.79 Å². The van der Waals surface area contributed by atoms with Gasteiger partial charge in [0.15, 0.2) is 5.82 Å². The van der Waals surface area contributed by atoms with Gasteiger partial charge < -0.3 is 14.4 Å². The number of aromatic nitrogens is 2. The minimum Gasteiger partial charge on any atom is -0.363 e. The molecule has 1 amide bonds. The molecular weight excluding hydrogens is 262 g/mol. The molecule has 2 rings (SSSR count). The number of nitrogens with one attached hydrogen (secondary N) is 1. The first-order chi connectivity index (χ1) is 7.16. The monoisotopic (exact) mass is 269 g/mol. The van der Waals surface area contributed by atoms with Crippen LogP contribution >= 0.6 is 15.9 Å². The van der Waals surface area contributed by atoms with Gasteiger partial charge in [0, 0.05) is 23.8 Å². The van der Waals surface area contributed by atoms with E-state index in [4.69, 9.17) is 0 Å². The van der Waals surface area contributed by atoms with Gasteiger partial charge in [-0.05, 0) is 22.0 Å². The topological polar surface area (TPSA) is 60.1 Å². The molecule has 5 nitrogen and oxygen atoms in total. The number of aryl methyl sites for hydroxylation is 1. The van der Waals surface area contributed by atoms with Crippen molar-refractivity contribution >= 4 is 27.7 Å². The number of hydrogen-bond donors (Lipinski definition) is 1. The quantitative estimate of drug-likeness (QED) is 0.908. The summed E-state index contributed by atoms with van der Waals surface area (Å²) in [6.45, 7) is 0. The Morgan fingerprint density at radius 1 is 1.67 bits per heavy atom. The highest BCUT2D eigenvalue weighted by Gasteiger charge is 2.11. The van der Waals surface area contributed by atoms with Gasteiger partial charge in [-0.1, -0.05) is 5.16 Å². The second-order valence-corrected chi connectivity index (χ2v) is 3.91. The Bertz CT molecular complexity index is 476. The van der Waals surface area contributed by atoms with E-state index in [1.165, 1.54) is 6.26 Å². The fourth-order valence-corrected chi connectivity index (χ4v) is 1.73. The fourth-order valence-electron chi connectivity index (χ4n) is 1.21. The third kappa shape index (κ3) is 2.10. The number of anilines is 1. The lowest BCUT2D eigenvalue weighted by atomic mass is 10.4. The summed E-state index contributed by atoms with van der Waals surface area (Å²) in [6.07, 6.45) is 3.20. The van der Waals surface area contributed by atoms with Crippen LogP contribution in [0.2, 0.25) is 0 Å². The lowest BCUT2D eigenvalue weighted by Gasteiger charge is -2.01. The Morgan fingerprint density at radius 3 is 3.00 bits per heavy atom. The Morgan fingerprint density at radius 2 is 2.47 bits per heavy atom. The largest absolute Gasteiger partial charge is 0.363 e. The number of hydrogen-bond acceptors (Lipinski definition) is 3. The Balaban J connectivity index is 2.18. The molecule has 0 bridgehead atoms. The van der Waals surface area contributed by atoms with Crippen LogP contribution in [0.5, 0.6) is 0 Å². The van der Waals surface area contributed by atoms with Crippen molar-refractivity contribution in [2.24, 2.45) is 7.05 Å². The lowest BCUT2D eigenvalue weighted by Crippen LogP contribution is -2.15. The van der Waals surface area contributed by atoms with E-state index in [-0.39, 0.29) is 5.91 Å². The van der Waals surface area contributed by atoms with E-state index in [2.05, 4.69) is 30.9 Å². The average Bonchev–Trinajstić information content (AvgIpc) is 2.75. The van der Waals surface area contributed by atoms with Gasteiger partial charge in [0.25, 0.3) is 5.91 Å². The van der Waals surface area contributed by atoms with Crippen molar-refractivity contribution in [3.05, 3.63) is 34.8 Å². The predicted molar refractivity (Wildman–Crippen MR) is 57.6 cm³/mol. The molecule has 0 aliphatic carbocycles. The summed E-state index contributed by atoms with van der Waals surface area (Å²) in [7, 11) is 1.79. The van der Waals surface area contributed by atoms with Crippen LogP contribution in [0.1, 0.15) is 10.5 Å². The van der Waals surface area contributed by atoms with E-state index in [1.54, 1.807) is 29.9 Å². The molecule has 2 heterocycles. The van der Waals surface area contributed by atoms with Crippen molar-refractivity contribution in [3.8, 4) is 0 Å². The maximum absolute atomic E-state index is 11.7. The zero-order chi connectivity index (χ0) is 10.8. The van der Waals surface area contributed by atoms with Gasteiger partial charge in [-0.25, -0.2) is 0 Å². The molecule has 0 aromatic carbocycles. The zero-order valence-electron chi connectivity index (χ0n) is 7.90. The Labute approximate surface area is 94.2 Å². The first-order valence-corrected chi connectivity index (χ1v) is 5.00. The molecule has 0 aliphatic rings. The van der Waals surface area contributed by atoms with E-state index < -0.39 is 0 Å². The summed E-state index contributed by atoms with van der Waals surface area (Å²) < 4.78 is 7.18. The third-order valence-corrected chi connectivity index (χ3v) is 2.32. The van der Waals surface area contributed by atoms with Crippen molar-refractivity contribution in [3.63, 3.8) is 0 Å². The van der Waals surface area contributed by atoms with Crippen LogP contribution in [0.3, 0.4) is 0 Å². The van der Waals surface area contributed by atoms with Gasteiger partial charge in [-0.2, -0.15) is 0 Å². The number of rotatable bonds is 2. The molecule has 0 atom stereocenters. The smallest absolute Gasteiger partial charge is 0.273 e. The molecule has 0 saturated carbocycles. The molecule has 2 aromatic rings. The van der Waals surface area contributed by atoms with E-state index >= 15 is 0 Å². The second kappa shape index (κ2) is 3.90. The van der Waals surface area contributed by atoms with E-state index in [0.29, 0.717) is 11.5 Å². The van der Waals surface area contributed by atoms with Crippen LogP contribution in [0.15, 0.2) is 33.6 Å². The molecule has 0 fully saturated rings. The number of halogens is 1. The van der Waals surface area contributed by atoms with Gasteiger partial charge >= 0.3 is 0 Å². The van der Waals surface area contributed by atoms with Gasteiger partial charge in [-0.15, -0.1) is 0 Å². The summed E-state index contributed by atoms with van der Waals surface area (Å²) in [4.78, 5) is 11.7. The van der Waals surface area contributed by atoms with Gasteiger partial charge in [0.1, 0.15) is 12.0 Å². The van der Waals surface area contributed by atoms with Crippen molar-refractivity contribution in [2.45, 2.75) is 0 Å². The summed E-state index contributed by atoms with van der Waals surface area (Å²) in [6, 6.07) is 3.31. The summed E-state index contributed by atoms with van der Waals surface area (Å²) in [5.41, 5.74) is 0.546. The molecule has 2 aromatic heterocycles. The second-order valence-electron chi connectivity index (χ2n) is 2.99. The van der Waals surface area contributed by atoms with Crippen molar-refractivity contribution in [2.75, 3.05) is 5.32 Å². The molecule has 0 spiro atoms. The number of carbonyl (C=O) groups is 1. The fraction of sp³-hybridized carbons (Fsp3) is 0.111. The SMILES string of the molecule is Cn1cc(Br)cc1C(=O)Nc1ccon1. The molecule has 0 saturated heterocycles. The molecule has 15 heavy (non-hydrogen) atoms. The van der Waals surface area contributed by atoms with Crippen LogP contribution in [-0.4, -0.2) is 15.6 Å². The Kier molecular flexibility index (Phi) is 2.59. The maximum Gasteiger partial charge on any atom is 0.273 e. The van der Waals surface area contributed by atoms with Crippen LogP contribution in [-0.2, 0) is 7.05 Å². The summed E-state index contributed by atoms with van der Waals surface area (Å²) >= 11 is 3.29. The highest BCUT2D eigenvalue weighted by Crippen LogP contribution is 2.14. The normalized spacial score (nSPS) is 10.3. The summed E-state index contributed by atoms with van der Waals surface area (Å²) in [5.74, 6) is 0.175. The molecule has 78 valence electrons. The molecule has 0 radical (unpaired) electrons. The molecule has 1 N–H and O–H groups in total. The van der Waals surface area contributed by atoms with Crippen molar-refractivity contribution in [1.29, 1.82) is 0 Å². The number of nitrogens with zero attached hydrogens (tertiary/aromatic N) is 2. The number of carbonyl (C=O) groups excluding carboxylic acids is 1. The van der Waals surface area contributed by atoms with E-state index in [1.807, 2.05) is 0 Å². The van der Waals surface area contributed by atoms with Gasteiger partial charge in [0.2, 0.25) is 0 Å². The van der Waals surface area contributed by atoms with Gasteiger partial charge in [0.05, 0.1) is 0 Å². The number of amides is 1. The summed E-state index contributed by atoms with van der Waals surface area (Å²) in [5, 5.41) is 6.20. The first-order valence-electron chi connectivity index (χ1n) is 4.20. The minimum atomic E-state index is -0.225. The molecule has 6 heteroatoms. The van der Waals surface area contributed by atoms with Crippen LogP contribution in [0.4, 0.5) is 5.82 Å². The van der Waals surface area contributed by atoms with Crippen LogP contribution in [0.25, 0.3) is 0 Å². The lowest BCUT2D eigenvalue weighted by molar-refractivity contribution is 0.101. The minimum absolute atomic E-state index is 0.225. The van der Waals surface area contributed by atoms with Crippen LogP contribution in [0, 0.1) is 0 Å². The predicted octanol–water partition coefficient (Wildman–Crippen LogP) is 2.03. The zero-order valence-corrected chi connectivity index (χ0v) is 9.48. The Hall–Kier alpha value is -1.56. The molecule has 0 unspecified atom stereocenters. The van der Waals surface area contributed by atoms with E-state index in [0.717, 1.165) is 4.47 Å². The van der Waals surface area contributed by atoms with Crippen molar-refractivity contribution in [1.82, 2.24) is 9.72 Å².